The molecule has 5 aromatic carbocycles. The van der Waals surface area contributed by atoms with Crippen molar-refractivity contribution in [2.24, 2.45) is 0 Å². The van der Waals surface area contributed by atoms with E-state index in [-0.39, 0.29) is 28.1 Å². The average Bonchev–Trinajstić information content (AvgIpc) is 3.23. The molecule has 2 N–H and O–H groups in total. The lowest BCUT2D eigenvalue weighted by molar-refractivity contribution is -0.384. The predicted molar refractivity (Wildman–Crippen MR) is 241 cm³/mol. The summed E-state index contributed by atoms with van der Waals surface area (Å²) in [5, 5.41) is 17.2. The summed E-state index contributed by atoms with van der Waals surface area (Å²) in [5.41, 5.74) is 4.79. The molecular weight excluding hydrogens is 828 g/mol. The maximum absolute atomic E-state index is 13.7. The van der Waals surface area contributed by atoms with Crippen LogP contribution in [-0.4, -0.2) is 91.7 Å². The van der Waals surface area contributed by atoms with Gasteiger partial charge in [0, 0.05) is 66.6 Å². The highest BCUT2D eigenvalue weighted by Crippen LogP contribution is 2.34. The Bertz CT molecular complexity index is 2540. The number of rotatable bonds is 16. The summed E-state index contributed by atoms with van der Waals surface area (Å²) in [4.78, 5) is 28.1. The molecule has 1 atom stereocenters. The van der Waals surface area contributed by atoms with Crippen molar-refractivity contribution in [1.29, 1.82) is 0 Å². The van der Waals surface area contributed by atoms with Gasteiger partial charge in [-0.2, -0.15) is 0 Å². The van der Waals surface area contributed by atoms with Gasteiger partial charge in [-0.25, -0.2) is 18.4 Å². The number of hydrogen-bond acceptors (Lipinski definition) is 11. The number of aromatic nitrogens is 2. The number of piperazine rings is 1. The van der Waals surface area contributed by atoms with Crippen LogP contribution in [0.15, 0.2) is 125 Å². The number of nitro groups is 1. The van der Waals surface area contributed by atoms with E-state index in [0.717, 1.165) is 73.5 Å². The Morgan fingerprint density at radius 2 is 1.64 bits per heavy atom. The predicted octanol–water partition coefficient (Wildman–Crippen LogP) is 9.16. The van der Waals surface area contributed by atoms with E-state index in [1.54, 1.807) is 17.8 Å². The van der Waals surface area contributed by atoms with E-state index in [9.17, 15) is 18.5 Å². The van der Waals surface area contributed by atoms with Gasteiger partial charge >= 0.3 is 0 Å². The molecule has 16 heteroatoms. The molecule has 2 heterocycles. The SMILES string of the molecule is CN(C)CCC(CSc1ccccc1)Nc1ccc(S(=O)(=O)Nc2ncnc3cc(N4CCN(Cc5ccccc5-c5ccc(Cl)c(Cl)c5)CC4)ccc23)cc1[N+](=O)[O-]. The van der Waals surface area contributed by atoms with E-state index >= 15 is 0 Å². The zero-order valence-corrected chi connectivity index (χ0v) is 35.7. The summed E-state index contributed by atoms with van der Waals surface area (Å²) in [6.45, 7) is 4.81. The summed E-state index contributed by atoms with van der Waals surface area (Å²) < 4.78 is 30.1. The summed E-state index contributed by atoms with van der Waals surface area (Å²) in [6.07, 6.45) is 2.03. The molecule has 0 radical (unpaired) electrons. The molecule has 12 nitrogen and oxygen atoms in total. The monoisotopic (exact) mass is 870 g/mol. The van der Waals surface area contributed by atoms with Gasteiger partial charge < -0.3 is 15.1 Å². The molecule has 1 saturated heterocycles. The standard InChI is InChI=1S/C43H44Cl2N8O4S2/c1-50(2)19-18-32(28-58-34-9-4-3-5-10-34)48-40-17-14-35(26-42(40)53(54)55)59(56,57)49-43-37-15-13-33(25-41(37)46-29-47-43)52-22-20-51(21-23-52)27-31-8-6-7-11-36(31)30-12-16-38(44)39(45)24-30/h3-17,24-26,29,32,48H,18-23,27-28H2,1-2H3,(H,46,47,49). The van der Waals surface area contributed by atoms with Crippen LogP contribution in [0.4, 0.5) is 22.9 Å². The quantitative estimate of drug-likeness (QED) is 0.0548. The largest absolute Gasteiger partial charge is 0.376 e. The lowest BCUT2D eigenvalue weighted by Crippen LogP contribution is -2.46. The van der Waals surface area contributed by atoms with Crippen LogP contribution in [0, 0.1) is 10.1 Å². The summed E-state index contributed by atoms with van der Waals surface area (Å²) in [5.74, 6) is 0.741. The zero-order valence-electron chi connectivity index (χ0n) is 32.6. The van der Waals surface area contributed by atoms with Crippen LogP contribution in [-0.2, 0) is 16.6 Å². The van der Waals surface area contributed by atoms with Crippen molar-refractivity contribution in [2.75, 3.05) is 67.5 Å². The van der Waals surface area contributed by atoms with E-state index in [4.69, 9.17) is 23.2 Å². The first-order valence-electron chi connectivity index (χ1n) is 19.1. The first kappa shape index (κ1) is 42.2. The second-order valence-electron chi connectivity index (χ2n) is 14.6. The van der Waals surface area contributed by atoms with Crippen molar-refractivity contribution in [3.63, 3.8) is 0 Å². The summed E-state index contributed by atoms with van der Waals surface area (Å²) in [7, 11) is -0.324. The molecule has 0 amide bonds. The number of halogens is 2. The number of anilines is 3. The highest BCUT2D eigenvalue weighted by atomic mass is 35.5. The molecule has 1 aliphatic rings. The number of hydrogen-bond donors (Lipinski definition) is 2. The van der Waals surface area contributed by atoms with Gasteiger partial charge in [-0.1, -0.05) is 71.7 Å². The number of sulfonamides is 1. The Balaban J connectivity index is 1.02. The second-order valence-corrected chi connectivity index (χ2v) is 18.2. The van der Waals surface area contributed by atoms with Crippen molar-refractivity contribution < 1.29 is 13.3 Å². The van der Waals surface area contributed by atoms with E-state index < -0.39 is 14.9 Å². The van der Waals surface area contributed by atoms with Gasteiger partial charge in [0.15, 0.2) is 5.82 Å². The number of thioether (sulfide) groups is 1. The topological polar surface area (TPSA) is 137 Å². The molecule has 1 aromatic heterocycles. The fourth-order valence-electron chi connectivity index (χ4n) is 7.01. The molecule has 1 fully saturated rings. The van der Waals surface area contributed by atoms with Crippen LogP contribution in [0.25, 0.3) is 22.0 Å². The third kappa shape index (κ3) is 10.6. The van der Waals surface area contributed by atoms with Gasteiger partial charge in [-0.3, -0.25) is 19.7 Å². The van der Waals surface area contributed by atoms with Crippen molar-refractivity contribution >= 4 is 78.8 Å². The zero-order chi connectivity index (χ0) is 41.5. The molecule has 0 aliphatic carbocycles. The number of nitro benzene ring substituents is 1. The maximum Gasteiger partial charge on any atom is 0.293 e. The third-order valence-electron chi connectivity index (χ3n) is 10.2. The number of nitrogens with zero attached hydrogens (tertiary/aromatic N) is 6. The Morgan fingerprint density at radius 3 is 2.39 bits per heavy atom. The maximum atomic E-state index is 13.7. The van der Waals surface area contributed by atoms with Crippen molar-refractivity contribution in [2.45, 2.75) is 28.8 Å². The van der Waals surface area contributed by atoms with Crippen LogP contribution in [0.3, 0.4) is 0 Å². The van der Waals surface area contributed by atoms with Gasteiger partial charge in [0.25, 0.3) is 15.7 Å². The van der Waals surface area contributed by atoms with Crippen LogP contribution in [0.2, 0.25) is 10.0 Å². The van der Waals surface area contributed by atoms with E-state index in [2.05, 4.69) is 46.8 Å². The third-order valence-corrected chi connectivity index (χ3v) is 13.4. The van der Waals surface area contributed by atoms with Crippen LogP contribution in [0.1, 0.15) is 12.0 Å². The minimum absolute atomic E-state index is 0.0820. The van der Waals surface area contributed by atoms with Crippen LogP contribution >= 0.6 is 35.0 Å². The highest BCUT2D eigenvalue weighted by molar-refractivity contribution is 7.99. The second kappa shape index (κ2) is 19.0. The van der Waals surface area contributed by atoms with Gasteiger partial charge in [-0.15, -0.1) is 11.8 Å². The molecule has 306 valence electrons. The van der Waals surface area contributed by atoms with E-state index in [0.29, 0.717) is 26.7 Å². The van der Waals surface area contributed by atoms with Gasteiger partial charge in [0.2, 0.25) is 0 Å². The lowest BCUT2D eigenvalue weighted by Gasteiger charge is -2.36. The Kier molecular flexibility index (Phi) is 13.6. The van der Waals surface area contributed by atoms with Gasteiger partial charge in [-0.05, 0) is 98.3 Å². The molecule has 6 aromatic rings. The highest BCUT2D eigenvalue weighted by Gasteiger charge is 2.25. The lowest BCUT2D eigenvalue weighted by atomic mass is 9.99. The minimum atomic E-state index is -4.27. The molecule has 1 aliphatic heterocycles. The van der Waals surface area contributed by atoms with Crippen molar-refractivity contribution in [1.82, 2.24) is 19.8 Å². The van der Waals surface area contributed by atoms with E-state index in [1.165, 1.54) is 24.0 Å². The number of fused-ring (bicyclic) bond motifs is 1. The number of benzene rings is 5. The smallest absolute Gasteiger partial charge is 0.293 e. The molecule has 7 rings (SSSR count). The fraction of sp³-hybridized carbons (Fsp3) is 0.256. The first-order valence-corrected chi connectivity index (χ1v) is 22.3. The average molecular weight is 872 g/mol. The normalized spacial score (nSPS) is 14.1. The van der Waals surface area contributed by atoms with Crippen LogP contribution in [0.5, 0.6) is 0 Å². The Morgan fingerprint density at radius 1 is 0.881 bits per heavy atom. The first-order chi connectivity index (χ1) is 28.4. The Hall–Kier alpha value is -4.96. The molecule has 1 unspecified atom stereocenters. The van der Waals surface area contributed by atoms with Crippen molar-refractivity contribution in [3.8, 4) is 11.1 Å². The molecule has 0 bridgehead atoms. The fourth-order valence-corrected chi connectivity index (χ4v) is 9.35. The molecule has 0 saturated carbocycles. The molecule has 59 heavy (non-hydrogen) atoms. The summed E-state index contributed by atoms with van der Waals surface area (Å²) >= 11 is 14.2. The van der Waals surface area contributed by atoms with Crippen LogP contribution < -0.4 is 14.9 Å². The molecule has 0 spiro atoms. The Labute approximate surface area is 358 Å². The minimum Gasteiger partial charge on any atom is -0.376 e. The van der Waals surface area contributed by atoms with Gasteiger partial charge in [0.05, 0.1) is 25.4 Å². The number of nitrogens with one attached hydrogen (secondary N) is 2. The van der Waals surface area contributed by atoms with Gasteiger partial charge in [0.1, 0.15) is 12.0 Å². The molecular formula is C43H44Cl2N8O4S2. The van der Waals surface area contributed by atoms with E-state index in [1.807, 2.05) is 86.9 Å². The van der Waals surface area contributed by atoms with Crippen molar-refractivity contribution in [3.05, 3.63) is 141 Å². The summed E-state index contributed by atoms with van der Waals surface area (Å²) in [6, 6.07) is 33.4.